The molecule has 1 N–H and O–H groups in total. The molecule has 0 heterocycles. The zero-order valence-electron chi connectivity index (χ0n) is 17.1. The summed E-state index contributed by atoms with van der Waals surface area (Å²) in [5, 5.41) is 11.8. The highest BCUT2D eigenvalue weighted by molar-refractivity contribution is 6.04. The molecular formula is C24H22N2O4. The predicted molar refractivity (Wildman–Crippen MR) is 114 cm³/mol. The van der Waals surface area contributed by atoms with E-state index in [1.807, 2.05) is 25.1 Å². The van der Waals surface area contributed by atoms with Crippen molar-refractivity contribution < 1.29 is 19.0 Å². The summed E-state index contributed by atoms with van der Waals surface area (Å²) in [5.74, 6) is 1.58. The Morgan fingerprint density at radius 2 is 1.70 bits per heavy atom. The van der Waals surface area contributed by atoms with Crippen LogP contribution in [-0.2, 0) is 6.61 Å². The first-order valence-corrected chi connectivity index (χ1v) is 9.30. The summed E-state index contributed by atoms with van der Waals surface area (Å²) >= 11 is 0. The fraction of sp³-hybridized carbons (Fsp3) is 0.167. The first-order chi connectivity index (χ1) is 14.5. The minimum Gasteiger partial charge on any atom is -0.493 e. The largest absolute Gasteiger partial charge is 0.493 e. The van der Waals surface area contributed by atoms with Gasteiger partial charge in [0.25, 0.3) is 5.91 Å². The van der Waals surface area contributed by atoms with Gasteiger partial charge in [-0.05, 0) is 60.5 Å². The number of aryl methyl sites for hydroxylation is 1. The van der Waals surface area contributed by atoms with Gasteiger partial charge in [0.2, 0.25) is 0 Å². The summed E-state index contributed by atoms with van der Waals surface area (Å²) in [6, 6.07) is 19.8. The van der Waals surface area contributed by atoms with Crippen LogP contribution in [0.15, 0.2) is 60.7 Å². The third-order valence-corrected chi connectivity index (χ3v) is 4.56. The Hall–Kier alpha value is -3.98. The van der Waals surface area contributed by atoms with Crippen LogP contribution in [-0.4, -0.2) is 20.1 Å². The maximum atomic E-state index is 12.8. The van der Waals surface area contributed by atoms with Crippen LogP contribution in [0.3, 0.4) is 0 Å². The molecule has 0 radical (unpaired) electrons. The maximum absolute atomic E-state index is 12.8. The van der Waals surface area contributed by atoms with Crippen LogP contribution in [0.5, 0.6) is 17.2 Å². The Kier molecular flexibility index (Phi) is 6.56. The Labute approximate surface area is 175 Å². The molecule has 3 rings (SSSR count). The Bertz CT molecular complexity index is 1090. The SMILES string of the molecule is COc1cc(C)c(NC(=O)c2cccc(COc3ccc(C#N)cc3)c2)cc1OC. The fourth-order valence-electron chi connectivity index (χ4n) is 2.90. The van der Waals surface area contributed by atoms with Crippen molar-refractivity contribution in [1.82, 2.24) is 0 Å². The Morgan fingerprint density at radius 3 is 2.37 bits per heavy atom. The monoisotopic (exact) mass is 402 g/mol. The highest BCUT2D eigenvalue weighted by Gasteiger charge is 2.13. The van der Waals surface area contributed by atoms with E-state index in [2.05, 4.69) is 11.4 Å². The van der Waals surface area contributed by atoms with E-state index in [4.69, 9.17) is 19.5 Å². The quantitative estimate of drug-likeness (QED) is 0.619. The number of nitrogens with one attached hydrogen (secondary N) is 1. The van der Waals surface area contributed by atoms with E-state index >= 15 is 0 Å². The van der Waals surface area contributed by atoms with E-state index < -0.39 is 0 Å². The van der Waals surface area contributed by atoms with Crippen LogP contribution in [0.25, 0.3) is 0 Å². The van der Waals surface area contributed by atoms with Gasteiger partial charge >= 0.3 is 0 Å². The molecule has 0 aliphatic heterocycles. The molecule has 0 saturated carbocycles. The number of benzene rings is 3. The second-order valence-electron chi connectivity index (χ2n) is 6.60. The lowest BCUT2D eigenvalue weighted by atomic mass is 10.1. The van der Waals surface area contributed by atoms with Crippen molar-refractivity contribution in [3.05, 3.63) is 82.9 Å². The van der Waals surface area contributed by atoms with E-state index in [-0.39, 0.29) is 5.91 Å². The van der Waals surface area contributed by atoms with Crippen molar-refractivity contribution in [3.63, 3.8) is 0 Å². The molecule has 0 fully saturated rings. The van der Waals surface area contributed by atoms with Gasteiger partial charge in [-0.3, -0.25) is 4.79 Å². The molecule has 0 unspecified atom stereocenters. The number of carbonyl (C=O) groups excluding carboxylic acids is 1. The number of hydrogen-bond acceptors (Lipinski definition) is 5. The summed E-state index contributed by atoms with van der Waals surface area (Å²) in [5.41, 5.74) is 3.46. The lowest BCUT2D eigenvalue weighted by Gasteiger charge is -2.14. The van der Waals surface area contributed by atoms with Crippen molar-refractivity contribution in [3.8, 4) is 23.3 Å². The number of nitriles is 1. The molecule has 1 amide bonds. The number of nitrogens with zero attached hydrogens (tertiary/aromatic N) is 1. The van der Waals surface area contributed by atoms with Crippen molar-refractivity contribution in [2.45, 2.75) is 13.5 Å². The third-order valence-electron chi connectivity index (χ3n) is 4.56. The van der Waals surface area contributed by atoms with Gasteiger partial charge in [-0.2, -0.15) is 5.26 Å². The number of hydrogen-bond donors (Lipinski definition) is 1. The van der Waals surface area contributed by atoms with E-state index in [0.717, 1.165) is 11.1 Å². The number of rotatable bonds is 7. The molecule has 152 valence electrons. The van der Waals surface area contributed by atoms with Gasteiger partial charge in [0.15, 0.2) is 11.5 Å². The standard InChI is InChI=1S/C24H22N2O4/c1-16-11-22(28-2)23(29-3)13-21(16)26-24(27)19-6-4-5-18(12-19)15-30-20-9-7-17(14-25)8-10-20/h4-13H,15H2,1-3H3,(H,26,27). The topological polar surface area (TPSA) is 80.6 Å². The van der Waals surface area contributed by atoms with E-state index in [9.17, 15) is 4.79 Å². The third kappa shape index (κ3) is 4.89. The van der Waals surface area contributed by atoms with E-state index in [1.54, 1.807) is 56.7 Å². The van der Waals surface area contributed by atoms with Gasteiger partial charge in [0.05, 0.1) is 25.9 Å². The zero-order valence-corrected chi connectivity index (χ0v) is 17.1. The van der Waals surface area contributed by atoms with Gasteiger partial charge in [-0.1, -0.05) is 12.1 Å². The van der Waals surface area contributed by atoms with Gasteiger partial charge in [0.1, 0.15) is 12.4 Å². The number of amides is 1. The average Bonchev–Trinajstić information content (AvgIpc) is 2.79. The normalized spacial score (nSPS) is 10.1. The molecule has 0 aliphatic carbocycles. The molecule has 0 spiro atoms. The lowest BCUT2D eigenvalue weighted by Crippen LogP contribution is -2.13. The van der Waals surface area contributed by atoms with Crippen LogP contribution in [0, 0.1) is 18.3 Å². The highest BCUT2D eigenvalue weighted by atomic mass is 16.5. The first kappa shape index (κ1) is 20.7. The lowest BCUT2D eigenvalue weighted by molar-refractivity contribution is 0.102. The molecule has 0 aromatic heterocycles. The molecule has 0 bridgehead atoms. The zero-order chi connectivity index (χ0) is 21.5. The van der Waals surface area contributed by atoms with Crippen LogP contribution in [0.2, 0.25) is 0 Å². The molecule has 0 atom stereocenters. The summed E-state index contributed by atoms with van der Waals surface area (Å²) in [6.07, 6.45) is 0. The smallest absolute Gasteiger partial charge is 0.255 e. The summed E-state index contributed by atoms with van der Waals surface area (Å²) in [4.78, 5) is 12.8. The second-order valence-corrected chi connectivity index (χ2v) is 6.60. The van der Waals surface area contributed by atoms with Gasteiger partial charge in [-0.25, -0.2) is 0 Å². The van der Waals surface area contributed by atoms with Crippen molar-refractivity contribution in [2.24, 2.45) is 0 Å². The average molecular weight is 402 g/mol. The molecule has 6 nitrogen and oxygen atoms in total. The molecule has 0 saturated heterocycles. The van der Waals surface area contributed by atoms with Gasteiger partial charge in [0, 0.05) is 17.3 Å². The van der Waals surface area contributed by atoms with Crippen LogP contribution in [0.1, 0.15) is 27.0 Å². The maximum Gasteiger partial charge on any atom is 0.255 e. The molecule has 30 heavy (non-hydrogen) atoms. The minimum absolute atomic E-state index is 0.231. The molecule has 3 aromatic carbocycles. The second kappa shape index (κ2) is 9.48. The van der Waals surface area contributed by atoms with Crippen molar-refractivity contribution >= 4 is 11.6 Å². The summed E-state index contributed by atoms with van der Waals surface area (Å²) < 4.78 is 16.4. The molecule has 0 aliphatic rings. The number of anilines is 1. The fourth-order valence-corrected chi connectivity index (χ4v) is 2.90. The van der Waals surface area contributed by atoms with E-state index in [0.29, 0.717) is 40.7 Å². The summed E-state index contributed by atoms with van der Waals surface area (Å²) in [7, 11) is 3.12. The van der Waals surface area contributed by atoms with Crippen molar-refractivity contribution in [2.75, 3.05) is 19.5 Å². The molecule has 3 aromatic rings. The first-order valence-electron chi connectivity index (χ1n) is 9.30. The van der Waals surface area contributed by atoms with Crippen LogP contribution >= 0.6 is 0 Å². The minimum atomic E-state index is -0.231. The van der Waals surface area contributed by atoms with Crippen LogP contribution < -0.4 is 19.5 Å². The van der Waals surface area contributed by atoms with Gasteiger partial charge in [-0.15, -0.1) is 0 Å². The number of ether oxygens (including phenoxy) is 3. The highest BCUT2D eigenvalue weighted by Crippen LogP contribution is 2.33. The van der Waals surface area contributed by atoms with Crippen LogP contribution in [0.4, 0.5) is 5.69 Å². The number of carbonyl (C=O) groups is 1. The number of methoxy groups -OCH3 is 2. The predicted octanol–water partition coefficient (Wildman–Crippen LogP) is 4.72. The summed E-state index contributed by atoms with van der Waals surface area (Å²) in [6.45, 7) is 2.20. The molecular weight excluding hydrogens is 380 g/mol. The Balaban J connectivity index is 1.70. The van der Waals surface area contributed by atoms with Gasteiger partial charge < -0.3 is 19.5 Å². The van der Waals surface area contributed by atoms with Crippen molar-refractivity contribution in [1.29, 1.82) is 5.26 Å². The van der Waals surface area contributed by atoms with E-state index in [1.165, 1.54) is 0 Å². The Morgan fingerprint density at radius 1 is 1.00 bits per heavy atom. The molecule has 6 heteroatoms.